The Hall–Kier alpha value is -1.33. The highest BCUT2D eigenvalue weighted by Gasteiger charge is 2.16. The van der Waals surface area contributed by atoms with Gasteiger partial charge in [-0.3, -0.25) is 4.90 Å². The molecule has 2 rings (SSSR count). The fraction of sp³-hybridized carbons (Fsp3) is 0.643. The molecule has 0 amide bonds. The minimum Gasteiger partial charge on any atom is -0.475 e. The topological polar surface area (TPSA) is 56.9 Å². The van der Waals surface area contributed by atoms with Gasteiger partial charge in [0.25, 0.3) is 0 Å². The molecule has 0 aromatic carbocycles. The number of aryl methyl sites for hydroxylation is 1. The average molecular weight is 266 g/mol. The van der Waals surface area contributed by atoms with Gasteiger partial charge in [0.05, 0.1) is 6.54 Å². The van der Waals surface area contributed by atoms with E-state index in [1.165, 1.54) is 25.9 Å². The predicted octanol–water partition coefficient (Wildman–Crippen LogP) is 1.81. The summed E-state index contributed by atoms with van der Waals surface area (Å²) >= 11 is 0. The van der Waals surface area contributed by atoms with Crippen molar-refractivity contribution in [2.24, 2.45) is 0 Å². The molecule has 0 unspecified atom stereocenters. The van der Waals surface area contributed by atoms with Gasteiger partial charge in [0, 0.05) is 18.7 Å². The van der Waals surface area contributed by atoms with E-state index in [1.807, 2.05) is 13.1 Å². The molecule has 19 heavy (non-hydrogen) atoms. The van der Waals surface area contributed by atoms with Crippen LogP contribution < -0.4 is 0 Å². The summed E-state index contributed by atoms with van der Waals surface area (Å²) in [6.45, 7) is 6.88. The van der Waals surface area contributed by atoms with Gasteiger partial charge in [0.1, 0.15) is 5.76 Å². The number of likely N-dealkylation sites (tertiary alicyclic amines) is 1. The van der Waals surface area contributed by atoms with Crippen molar-refractivity contribution in [3.05, 3.63) is 23.2 Å². The third-order valence-corrected chi connectivity index (χ3v) is 3.59. The van der Waals surface area contributed by atoms with E-state index in [0.29, 0.717) is 12.1 Å². The Labute approximate surface area is 113 Å². The van der Waals surface area contributed by atoms with Gasteiger partial charge in [-0.05, 0) is 46.0 Å². The molecule has 106 valence electrons. The van der Waals surface area contributed by atoms with E-state index < -0.39 is 5.97 Å². The fourth-order valence-electron chi connectivity index (χ4n) is 2.50. The molecule has 0 bridgehead atoms. The Bertz CT molecular complexity index is 436. The van der Waals surface area contributed by atoms with Crippen molar-refractivity contribution in [2.45, 2.75) is 26.3 Å². The number of furan rings is 1. The Morgan fingerprint density at radius 2 is 2.16 bits per heavy atom. The molecule has 1 N–H and O–H groups in total. The first kappa shape index (κ1) is 14.1. The van der Waals surface area contributed by atoms with E-state index in [-0.39, 0.29) is 5.76 Å². The minimum absolute atomic E-state index is 0.0583. The van der Waals surface area contributed by atoms with Crippen LogP contribution in [0.2, 0.25) is 0 Å². The molecular formula is C14H22N2O3. The number of carboxylic acid groups (broad SMARTS) is 1. The third kappa shape index (κ3) is 3.81. The second-order valence-corrected chi connectivity index (χ2v) is 5.32. The SMILES string of the molecule is Cc1cc(CN(C)CCN2CCCC2)oc1C(=O)O. The first-order valence-electron chi connectivity index (χ1n) is 6.80. The maximum absolute atomic E-state index is 10.9. The molecule has 0 spiro atoms. The van der Waals surface area contributed by atoms with Crippen molar-refractivity contribution in [3.63, 3.8) is 0 Å². The summed E-state index contributed by atoms with van der Waals surface area (Å²) in [7, 11) is 2.04. The van der Waals surface area contributed by atoms with Crippen LogP contribution in [0.1, 0.15) is 34.7 Å². The average Bonchev–Trinajstić information content (AvgIpc) is 2.96. The molecule has 2 heterocycles. The Morgan fingerprint density at radius 1 is 1.47 bits per heavy atom. The molecule has 1 saturated heterocycles. The highest BCUT2D eigenvalue weighted by atomic mass is 16.4. The summed E-state index contributed by atoms with van der Waals surface area (Å²) in [5, 5.41) is 8.95. The number of nitrogens with zero attached hydrogens (tertiary/aromatic N) is 2. The molecule has 0 saturated carbocycles. The largest absolute Gasteiger partial charge is 0.475 e. The van der Waals surface area contributed by atoms with Gasteiger partial charge in [-0.2, -0.15) is 0 Å². The second-order valence-electron chi connectivity index (χ2n) is 5.32. The maximum atomic E-state index is 10.9. The van der Waals surface area contributed by atoms with Crippen molar-refractivity contribution in [1.82, 2.24) is 9.80 Å². The molecule has 1 aromatic heterocycles. The van der Waals surface area contributed by atoms with Crippen LogP contribution in [0.4, 0.5) is 0 Å². The molecule has 0 radical (unpaired) electrons. The van der Waals surface area contributed by atoms with E-state index >= 15 is 0 Å². The Balaban J connectivity index is 1.82. The lowest BCUT2D eigenvalue weighted by atomic mass is 10.2. The summed E-state index contributed by atoms with van der Waals surface area (Å²) in [6, 6.07) is 1.82. The molecule has 0 atom stereocenters. The minimum atomic E-state index is -0.997. The summed E-state index contributed by atoms with van der Waals surface area (Å²) < 4.78 is 5.36. The van der Waals surface area contributed by atoms with Gasteiger partial charge < -0.3 is 14.4 Å². The van der Waals surface area contributed by atoms with Crippen molar-refractivity contribution < 1.29 is 14.3 Å². The number of hydrogen-bond donors (Lipinski definition) is 1. The van der Waals surface area contributed by atoms with Crippen LogP contribution in [0.15, 0.2) is 10.5 Å². The smallest absolute Gasteiger partial charge is 0.372 e. The van der Waals surface area contributed by atoms with Gasteiger partial charge in [0.15, 0.2) is 0 Å². The molecule has 1 aliphatic rings. The standard InChI is InChI=1S/C14H22N2O3/c1-11-9-12(19-13(11)14(17)18)10-15(2)7-8-16-5-3-4-6-16/h9H,3-8,10H2,1-2H3,(H,17,18). The van der Waals surface area contributed by atoms with Crippen LogP contribution in [0, 0.1) is 6.92 Å². The zero-order chi connectivity index (χ0) is 13.8. The Kier molecular flexibility index (Phi) is 4.61. The first-order chi connectivity index (χ1) is 9.06. The molecular weight excluding hydrogens is 244 g/mol. The van der Waals surface area contributed by atoms with Crippen molar-refractivity contribution in [2.75, 3.05) is 33.2 Å². The number of hydrogen-bond acceptors (Lipinski definition) is 4. The monoisotopic (exact) mass is 266 g/mol. The van der Waals surface area contributed by atoms with E-state index in [2.05, 4.69) is 9.80 Å². The van der Waals surface area contributed by atoms with E-state index in [1.54, 1.807) is 6.92 Å². The third-order valence-electron chi connectivity index (χ3n) is 3.59. The van der Waals surface area contributed by atoms with Crippen LogP contribution in [-0.2, 0) is 6.54 Å². The van der Waals surface area contributed by atoms with Crippen LogP contribution >= 0.6 is 0 Å². The number of likely N-dealkylation sites (N-methyl/N-ethyl adjacent to an activating group) is 1. The number of aromatic carboxylic acids is 1. The Morgan fingerprint density at radius 3 is 2.74 bits per heavy atom. The normalized spacial score (nSPS) is 16.4. The second kappa shape index (κ2) is 6.21. The van der Waals surface area contributed by atoms with E-state index in [0.717, 1.165) is 18.8 Å². The van der Waals surface area contributed by atoms with Crippen molar-refractivity contribution >= 4 is 5.97 Å². The van der Waals surface area contributed by atoms with E-state index in [9.17, 15) is 4.79 Å². The summed E-state index contributed by atoms with van der Waals surface area (Å²) in [4.78, 5) is 15.5. The van der Waals surface area contributed by atoms with Crippen LogP contribution in [0.3, 0.4) is 0 Å². The van der Waals surface area contributed by atoms with Crippen LogP contribution in [-0.4, -0.2) is 54.1 Å². The quantitative estimate of drug-likeness (QED) is 0.851. The lowest BCUT2D eigenvalue weighted by molar-refractivity contribution is 0.0657. The lowest BCUT2D eigenvalue weighted by Crippen LogP contribution is -2.31. The maximum Gasteiger partial charge on any atom is 0.372 e. The molecule has 5 heteroatoms. The summed E-state index contributed by atoms with van der Waals surface area (Å²) in [6.07, 6.45) is 2.62. The molecule has 5 nitrogen and oxygen atoms in total. The van der Waals surface area contributed by atoms with Crippen molar-refractivity contribution in [3.8, 4) is 0 Å². The zero-order valence-corrected chi connectivity index (χ0v) is 11.7. The zero-order valence-electron chi connectivity index (χ0n) is 11.7. The van der Waals surface area contributed by atoms with Gasteiger partial charge in [-0.15, -0.1) is 0 Å². The van der Waals surface area contributed by atoms with Gasteiger partial charge >= 0.3 is 5.97 Å². The summed E-state index contributed by atoms with van der Waals surface area (Å²) in [5.74, 6) is -0.217. The molecule has 1 aliphatic heterocycles. The number of carboxylic acids is 1. The predicted molar refractivity (Wildman–Crippen MR) is 72.4 cm³/mol. The van der Waals surface area contributed by atoms with Crippen molar-refractivity contribution in [1.29, 1.82) is 0 Å². The molecule has 0 aliphatic carbocycles. The number of carbonyl (C=O) groups is 1. The fourth-order valence-corrected chi connectivity index (χ4v) is 2.50. The molecule has 1 aromatic rings. The highest BCUT2D eigenvalue weighted by molar-refractivity contribution is 5.86. The first-order valence-corrected chi connectivity index (χ1v) is 6.80. The van der Waals surface area contributed by atoms with Gasteiger partial charge in [-0.25, -0.2) is 4.79 Å². The van der Waals surface area contributed by atoms with Crippen LogP contribution in [0.25, 0.3) is 0 Å². The van der Waals surface area contributed by atoms with Crippen LogP contribution in [0.5, 0.6) is 0 Å². The summed E-state index contributed by atoms with van der Waals surface area (Å²) in [5.41, 5.74) is 0.690. The number of rotatable bonds is 6. The van der Waals surface area contributed by atoms with Gasteiger partial charge in [-0.1, -0.05) is 0 Å². The van der Waals surface area contributed by atoms with Gasteiger partial charge in [0.2, 0.25) is 5.76 Å². The highest BCUT2D eigenvalue weighted by Crippen LogP contribution is 2.16. The van der Waals surface area contributed by atoms with E-state index in [4.69, 9.17) is 9.52 Å². The molecule has 1 fully saturated rings. The lowest BCUT2D eigenvalue weighted by Gasteiger charge is -2.20.